The van der Waals surface area contributed by atoms with Crippen molar-refractivity contribution in [2.24, 2.45) is 0 Å². The minimum atomic E-state index is -1.02. The Morgan fingerprint density at radius 2 is 2.28 bits per heavy atom. The standard InChI is InChI=1S/C13H14N2O3/c1-3-9-5-6-10(15-8-4-7-14-15)11(13(16)17)12(9)18-2/h4-8H,3H2,1-2H3,(H,16,17). The molecule has 1 aromatic heterocycles. The molecule has 5 heteroatoms. The Kier molecular flexibility index (Phi) is 3.32. The quantitative estimate of drug-likeness (QED) is 0.897. The molecule has 5 nitrogen and oxygen atoms in total. The first-order chi connectivity index (χ1) is 8.69. The van der Waals surface area contributed by atoms with Gasteiger partial charge >= 0.3 is 5.97 Å². The Morgan fingerprint density at radius 3 is 2.78 bits per heavy atom. The van der Waals surface area contributed by atoms with Gasteiger partial charge in [0.1, 0.15) is 11.3 Å². The second-order valence-electron chi connectivity index (χ2n) is 3.76. The summed E-state index contributed by atoms with van der Waals surface area (Å²) in [6.45, 7) is 1.96. The van der Waals surface area contributed by atoms with E-state index in [4.69, 9.17) is 4.74 Å². The average Bonchev–Trinajstić information content (AvgIpc) is 2.90. The Morgan fingerprint density at radius 1 is 1.50 bits per heavy atom. The molecule has 0 aliphatic rings. The summed E-state index contributed by atoms with van der Waals surface area (Å²) in [6.07, 6.45) is 4.02. The van der Waals surface area contributed by atoms with Crippen LogP contribution in [-0.4, -0.2) is 28.0 Å². The summed E-state index contributed by atoms with van der Waals surface area (Å²) in [4.78, 5) is 11.4. The van der Waals surface area contributed by atoms with Crippen molar-refractivity contribution in [1.82, 2.24) is 9.78 Å². The summed E-state index contributed by atoms with van der Waals surface area (Å²) in [5.41, 5.74) is 1.51. The number of ether oxygens (including phenoxy) is 1. The Hall–Kier alpha value is -2.30. The van der Waals surface area contributed by atoms with E-state index in [1.54, 1.807) is 24.5 Å². The lowest BCUT2D eigenvalue weighted by atomic mass is 10.0. The first kappa shape index (κ1) is 12.2. The fourth-order valence-corrected chi connectivity index (χ4v) is 1.94. The van der Waals surface area contributed by atoms with E-state index in [2.05, 4.69) is 5.10 Å². The van der Waals surface area contributed by atoms with Gasteiger partial charge in [0.2, 0.25) is 0 Å². The van der Waals surface area contributed by atoms with Gasteiger partial charge in [-0.1, -0.05) is 13.0 Å². The fourth-order valence-electron chi connectivity index (χ4n) is 1.94. The third kappa shape index (κ3) is 1.95. The van der Waals surface area contributed by atoms with Crippen LogP contribution in [-0.2, 0) is 6.42 Å². The van der Waals surface area contributed by atoms with E-state index in [-0.39, 0.29) is 5.56 Å². The summed E-state index contributed by atoms with van der Waals surface area (Å²) < 4.78 is 6.76. The second-order valence-corrected chi connectivity index (χ2v) is 3.76. The summed E-state index contributed by atoms with van der Waals surface area (Å²) in [5.74, 6) is -0.620. The van der Waals surface area contributed by atoms with E-state index < -0.39 is 5.97 Å². The Labute approximate surface area is 105 Å². The van der Waals surface area contributed by atoms with Crippen molar-refractivity contribution in [3.8, 4) is 11.4 Å². The van der Waals surface area contributed by atoms with Crippen molar-refractivity contribution in [2.45, 2.75) is 13.3 Å². The average molecular weight is 246 g/mol. The van der Waals surface area contributed by atoms with Crippen molar-refractivity contribution in [3.05, 3.63) is 41.7 Å². The molecule has 0 atom stereocenters. The summed E-state index contributed by atoms with van der Waals surface area (Å²) in [6, 6.07) is 5.35. The SMILES string of the molecule is CCc1ccc(-n2cccn2)c(C(=O)O)c1OC. The van der Waals surface area contributed by atoms with Gasteiger partial charge in [-0.15, -0.1) is 0 Å². The van der Waals surface area contributed by atoms with Crippen LogP contribution in [0.15, 0.2) is 30.6 Å². The lowest BCUT2D eigenvalue weighted by Crippen LogP contribution is -2.10. The van der Waals surface area contributed by atoms with Crippen LogP contribution in [0.3, 0.4) is 0 Å². The van der Waals surface area contributed by atoms with E-state index in [1.165, 1.54) is 11.8 Å². The molecular weight excluding hydrogens is 232 g/mol. The van der Waals surface area contributed by atoms with E-state index in [0.717, 1.165) is 5.56 Å². The lowest BCUT2D eigenvalue weighted by Gasteiger charge is -2.14. The number of carboxylic acids is 1. The number of benzene rings is 1. The molecule has 0 saturated heterocycles. The topological polar surface area (TPSA) is 64.4 Å². The molecule has 0 fully saturated rings. The largest absolute Gasteiger partial charge is 0.495 e. The highest BCUT2D eigenvalue weighted by molar-refractivity contribution is 5.95. The van der Waals surface area contributed by atoms with Gasteiger partial charge in [-0.2, -0.15) is 5.10 Å². The van der Waals surface area contributed by atoms with Gasteiger partial charge < -0.3 is 9.84 Å². The summed E-state index contributed by atoms with van der Waals surface area (Å²) in [7, 11) is 1.48. The molecule has 0 amide bonds. The highest BCUT2D eigenvalue weighted by Crippen LogP contribution is 2.29. The number of carbonyl (C=O) groups is 1. The van der Waals surface area contributed by atoms with Crippen LogP contribution in [0.4, 0.5) is 0 Å². The van der Waals surface area contributed by atoms with Gasteiger partial charge in [0, 0.05) is 12.4 Å². The van der Waals surface area contributed by atoms with Gasteiger partial charge in [-0.05, 0) is 24.1 Å². The molecular formula is C13H14N2O3. The minimum Gasteiger partial charge on any atom is -0.495 e. The summed E-state index contributed by atoms with van der Waals surface area (Å²) in [5, 5.41) is 13.4. The van der Waals surface area contributed by atoms with Crippen LogP contribution in [0.1, 0.15) is 22.8 Å². The number of aryl methyl sites for hydroxylation is 1. The number of nitrogens with zero attached hydrogens (tertiary/aromatic N) is 2. The van der Waals surface area contributed by atoms with Gasteiger partial charge in [0.05, 0.1) is 12.8 Å². The van der Waals surface area contributed by atoms with Gasteiger partial charge in [0.15, 0.2) is 0 Å². The predicted molar refractivity (Wildman–Crippen MR) is 66.5 cm³/mol. The maximum absolute atomic E-state index is 11.4. The van der Waals surface area contributed by atoms with Crippen LogP contribution < -0.4 is 4.74 Å². The van der Waals surface area contributed by atoms with Crippen LogP contribution >= 0.6 is 0 Å². The molecule has 0 radical (unpaired) electrons. The van der Waals surface area contributed by atoms with Gasteiger partial charge in [0.25, 0.3) is 0 Å². The highest BCUT2D eigenvalue weighted by atomic mass is 16.5. The van der Waals surface area contributed by atoms with E-state index in [9.17, 15) is 9.90 Å². The zero-order valence-corrected chi connectivity index (χ0v) is 10.3. The number of rotatable bonds is 4. The Bertz CT molecular complexity index is 562. The second kappa shape index (κ2) is 4.91. The molecule has 0 aliphatic heterocycles. The minimum absolute atomic E-state index is 0.139. The normalized spacial score (nSPS) is 10.3. The van der Waals surface area contributed by atoms with Crippen LogP contribution in [0.2, 0.25) is 0 Å². The van der Waals surface area contributed by atoms with Crippen LogP contribution in [0, 0.1) is 0 Å². The third-order valence-corrected chi connectivity index (χ3v) is 2.77. The fraction of sp³-hybridized carbons (Fsp3) is 0.231. The smallest absolute Gasteiger partial charge is 0.341 e. The van der Waals surface area contributed by atoms with Crippen molar-refractivity contribution in [1.29, 1.82) is 0 Å². The monoisotopic (exact) mass is 246 g/mol. The Balaban J connectivity index is 2.71. The number of methoxy groups -OCH3 is 1. The zero-order valence-electron chi connectivity index (χ0n) is 10.3. The molecule has 18 heavy (non-hydrogen) atoms. The number of aromatic carboxylic acids is 1. The maximum Gasteiger partial charge on any atom is 0.341 e. The van der Waals surface area contributed by atoms with Crippen molar-refractivity contribution >= 4 is 5.97 Å². The van der Waals surface area contributed by atoms with Crippen LogP contribution in [0.5, 0.6) is 5.75 Å². The lowest BCUT2D eigenvalue weighted by molar-refractivity contribution is 0.0693. The molecule has 2 rings (SSSR count). The molecule has 1 heterocycles. The van der Waals surface area contributed by atoms with E-state index in [0.29, 0.717) is 17.9 Å². The van der Waals surface area contributed by atoms with Crippen molar-refractivity contribution in [2.75, 3.05) is 7.11 Å². The molecule has 94 valence electrons. The van der Waals surface area contributed by atoms with Crippen molar-refractivity contribution in [3.63, 3.8) is 0 Å². The summed E-state index contributed by atoms with van der Waals surface area (Å²) >= 11 is 0. The molecule has 1 aromatic carbocycles. The van der Waals surface area contributed by atoms with E-state index >= 15 is 0 Å². The van der Waals surface area contributed by atoms with E-state index in [1.807, 2.05) is 13.0 Å². The molecule has 0 bridgehead atoms. The number of carboxylic acid groups (broad SMARTS) is 1. The van der Waals surface area contributed by atoms with Gasteiger partial charge in [-0.3, -0.25) is 0 Å². The van der Waals surface area contributed by atoms with Crippen LogP contribution in [0.25, 0.3) is 5.69 Å². The van der Waals surface area contributed by atoms with Crippen molar-refractivity contribution < 1.29 is 14.6 Å². The zero-order chi connectivity index (χ0) is 13.1. The number of aromatic nitrogens is 2. The molecule has 0 spiro atoms. The first-order valence-electron chi connectivity index (χ1n) is 5.62. The molecule has 1 N–H and O–H groups in total. The number of hydrogen-bond donors (Lipinski definition) is 1. The third-order valence-electron chi connectivity index (χ3n) is 2.77. The predicted octanol–water partition coefficient (Wildman–Crippen LogP) is 2.14. The number of hydrogen-bond acceptors (Lipinski definition) is 3. The highest BCUT2D eigenvalue weighted by Gasteiger charge is 2.20. The maximum atomic E-state index is 11.4. The first-order valence-corrected chi connectivity index (χ1v) is 5.62. The molecule has 0 unspecified atom stereocenters. The molecule has 0 aliphatic carbocycles. The molecule has 2 aromatic rings. The molecule has 0 saturated carbocycles. The van der Waals surface area contributed by atoms with Gasteiger partial charge in [-0.25, -0.2) is 9.48 Å².